The Morgan fingerprint density at radius 2 is 1.86 bits per heavy atom. The predicted octanol–water partition coefficient (Wildman–Crippen LogP) is 4.87. The van der Waals surface area contributed by atoms with Gasteiger partial charge in [0.25, 0.3) is 0 Å². The van der Waals surface area contributed by atoms with Crippen molar-refractivity contribution < 1.29 is 8.78 Å². The maximum Gasteiger partial charge on any atom is 0.151 e. The average Bonchev–Trinajstić information content (AvgIpc) is 3.27. The first-order valence-corrected chi connectivity index (χ1v) is 9.24. The van der Waals surface area contributed by atoms with Gasteiger partial charge in [-0.25, -0.2) is 18.4 Å². The number of hydrogen-bond acceptors (Lipinski definition) is 3. The number of nitrogens with zero attached hydrogens (tertiary/aromatic N) is 4. The summed E-state index contributed by atoms with van der Waals surface area (Å²) in [6, 6.07) is 13.6. The van der Waals surface area contributed by atoms with Crippen molar-refractivity contribution in [1.29, 1.82) is 0 Å². The molecular weight excluding hydrogens is 382 g/mol. The summed E-state index contributed by atoms with van der Waals surface area (Å²) in [6.45, 7) is 2.08. The maximum absolute atomic E-state index is 14.4. The van der Waals surface area contributed by atoms with Gasteiger partial charge in [-0.15, -0.1) is 0 Å². The van der Waals surface area contributed by atoms with Gasteiger partial charge < -0.3 is 0 Å². The molecule has 0 amide bonds. The monoisotopic (exact) mass is 396 g/mol. The number of benzene rings is 2. The Morgan fingerprint density at radius 1 is 1.04 bits per heavy atom. The van der Waals surface area contributed by atoms with Crippen LogP contribution in [0.2, 0.25) is 5.15 Å². The molecule has 2 aromatic heterocycles. The van der Waals surface area contributed by atoms with E-state index in [-0.39, 0.29) is 5.69 Å². The van der Waals surface area contributed by atoms with Crippen LogP contribution in [0.25, 0.3) is 16.6 Å². The van der Waals surface area contributed by atoms with E-state index < -0.39 is 11.6 Å². The maximum atomic E-state index is 14.4. The molecule has 28 heavy (non-hydrogen) atoms. The quantitative estimate of drug-likeness (QED) is 0.463. The number of aromatic nitrogens is 3. The fourth-order valence-electron chi connectivity index (χ4n) is 3.75. The largest absolute Gasteiger partial charge is 0.289 e. The van der Waals surface area contributed by atoms with Gasteiger partial charge in [0.05, 0.1) is 22.8 Å². The van der Waals surface area contributed by atoms with Gasteiger partial charge in [-0.05, 0) is 17.7 Å². The van der Waals surface area contributed by atoms with Crippen molar-refractivity contribution in [2.24, 2.45) is 0 Å². The number of pyridine rings is 1. The normalized spacial score (nSPS) is 14.0. The van der Waals surface area contributed by atoms with E-state index in [2.05, 4.69) is 27.1 Å². The molecule has 3 heterocycles. The van der Waals surface area contributed by atoms with Crippen molar-refractivity contribution in [1.82, 2.24) is 19.7 Å². The Labute approximate surface area is 165 Å². The molecular formula is C21H15ClF2N4. The zero-order valence-electron chi connectivity index (χ0n) is 14.7. The molecule has 1 aliphatic rings. The minimum absolute atomic E-state index is 0.183. The van der Waals surface area contributed by atoms with Gasteiger partial charge >= 0.3 is 0 Å². The van der Waals surface area contributed by atoms with Gasteiger partial charge in [-0.3, -0.25) is 4.90 Å². The lowest BCUT2D eigenvalue weighted by molar-refractivity contribution is 0.274. The van der Waals surface area contributed by atoms with E-state index >= 15 is 0 Å². The third kappa shape index (κ3) is 2.85. The summed E-state index contributed by atoms with van der Waals surface area (Å²) in [4.78, 5) is 6.79. The third-order valence-electron chi connectivity index (χ3n) is 5.00. The summed E-state index contributed by atoms with van der Waals surface area (Å²) in [5, 5.41) is 5.31. The minimum Gasteiger partial charge on any atom is -0.289 e. The molecule has 4 aromatic rings. The first kappa shape index (κ1) is 17.3. The second-order valence-corrected chi connectivity index (χ2v) is 7.23. The van der Waals surface area contributed by atoms with Gasteiger partial charge in [0.1, 0.15) is 16.7 Å². The molecule has 0 fully saturated rings. The Morgan fingerprint density at radius 3 is 2.64 bits per heavy atom. The third-order valence-corrected chi connectivity index (χ3v) is 5.29. The summed E-state index contributed by atoms with van der Waals surface area (Å²) in [6.07, 6.45) is 1.58. The zero-order chi connectivity index (χ0) is 19.3. The highest BCUT2D eigenvalue weighted by Gasteiger charge is 2.27. The molecule has 5 rings (SSSR count). The highest BCUT2D eigenvalue weighted by atomic mass is 35.5. The highest BCUT2D eigenvalue weighted by Crippen LogP contribution is 2.34. The lowest BCUT2D eigenvalue weighted by atomic mass is 10.1. The first-order chi connectivity index (χ1) is 13.6. The van der Waals surface area contributed by atoms with E-state index in [0.717, 1.165) is 29.4 Å². The predicted molar refractivity (Wildman–Crippen MR) is 103 cm³/mol. The summed E-state index contributed by atoms with van der Waals surface area (Å²) >= 11 is 6.38. The standard InChI is InChI=1S/C21H15ClF2N4/c22-21-15-9-25-28(19-7-6-14(23)8-17(19)24)20(15)16-11-27(12-18(16)26-21)10-13-4-2-1-3-5-13/h1-9H,10-12H2. The molecule has 4 nitrogen and oxygen atoms in total. The molecule has 0 N–H and O–H groups in total. The van der Waals surface area contributed by atoms with Crippen molar-refractivity contribution in [3.8, 4) is 5.69 Å². The molecule has 2 aromatic carbocycles. The van der Waals surface area contributed by atoms with E-state index in [1.807, 2.05) is 18.2 Å². The van der Waals surface area contributed by atoms with Crippen molar-refractivity contribution in [3.63, 3.8) is 0 Å². The van der Waals surface area contributed by atoms with Crippen LogP contribution in [-0.4, -0.2) is 19.7 Å². The summed E-state index contributed by atoms with van der Waals surface area (Å²) in [5.74, 6) is -1.30. The van der Waals surface area contributed by atoms with E-state index in [1.165, 1.54) is 22.4 Å². The van der Waals surface area contributed by atoms with Gasteiger partial charge in [-0.1, -0.05) is 41.9 Å². The van der Waals surface area contributed by atoms with Crippen LogP contribution >= 0.6 is 11.6 Å². The van der Waals surface area contributed by atoms with Gasteiger partial charge in [0.2, 0.25) is 0 Å². The fraction of sp³-hybridized carbons (Fsp3) is 0.143. The van der Waals surface area contributed by atoms with Gasteiger partial charge in [0, 0.05) is 31.3 Å². The molecule has 0 saturated heterocycles. The summed E-state index contributed by atoms with van der Waals surface area (Å²) in [5.41, 5.74) is 3.93. The molecule has 0 bridgehead atoms. The number of hydrogen-bond donors (Lipinski definition) is 0. The van der Waals surface area contributed by atoms with Crippen molar-refractivity contribution in [2.75, 3.05) is 0 Å². The lowest BCUT2D eigenvalue weighted by Crippen LogP contribution is -2.15. The summed E-state index contributed by atoms with van der Waals surface area (Å²) < 4.78 is 29.2. The van der Waals surface area contributed by atoms with Crippen LogP contribution in [0.15, 0.2) is 54.7 Å². The average molecular weight is 397 g/mol. The molecule has 0 aliphatic carbocycles. The molecule has 0 saturated carbocycles. The van der Waals surface area contributed by atoms with Crippen molar-refractivity contribution in [3.05, 3.63) is 88.3 Å². The topological polar surface area (TPSA) is 34.0 Å². The van der Waals surface area contributed by atoms with E-state index in [4.69, 9.17) is 11.6 Å². The van der Waals surface area contributed by atoms with Crippen LogP contribution in [0, 0.1) is 11.6 Å². The van der Waals surface area contributed by atoms with Crippen LogP contribution < -0.4 is 0 Å². The second-order valence-electron chi connectivity index (χ2n) is 6.87. The van der Waals surface area contributed by atoms with E-state index in [0.29, 0.717) is 23.6 Å². The fourth-order valence-corrected chi connectivity index (χ4v) is 3.99. The zero-order valence-corrected chi connectivity index (χ0v) is 15.5. The molecule has 1 aliphatic heterocycles. The minimum atomic E-state index is -0.675. The Balaban J connectivity index is 1.60. The molecule has 140 valence electrons. The van der Waals surface area contributed by atoms with Gasteiger partial charge in [0.15, 0.2) is 5.82 Å². The SMILES string of the molecule is Fc1ccc(-n2ncc3c(Cl)nc4c(c32)CN(Cc2ccccc2)C4)c(F)c1. The number of fused-ring (bicyclic) bond motifs is 3. The molecule has 0 unspecified atom stereocenters. The van der Waals surface area contributed by atoms with Crippen molar-refractivity contribution in [2.45, 2.75) is 19.6 Å². The first-order valence-electron chi connectivity index (χ1n) is 8.87. The van der Waals surface area contributed by atoms with E-state index in [9.17, 15) is 8.78 Å². The van der Waals surface area contributed by atoms with Gasteiger partial charge in [-0.2, -0.15) is 5.10 Å². The van der Waals surface area contributed by atoms with Crippen LogP contribution in [-0.2, 0) is 19.6 Å². The van der Waals surface area contributed by atoms with Crippen LogP contribution in [0.4, 0.5) is 8.78 Å². The Hall–Kier alpha value is -2.83. The number of rotatable bonds is 3. The van der Waals surface area contributed by atoms with E-state index in [1.54, 1.807) is 6.20 Å². The van der Waals surface area contributed by atoms with Crippen LogP contribution in [0.1, 0.15) is 16.8 Å². The van der Waals surface area contributed by atoms with Crippen LogP contribution in [0.5, 0.6) is 0 Å². The lowest BCUT2D eigenvalue weighted by Gasteiger charge is -2.14. The molecule has 0 spiro atoms. The van der Waals surface area contributed by atoms with Crippen molar-refractivity contribution >= 4 is 22.5 Å². The highest BCUT2D eigenvalue weighted by molar-refractivity contribution is 6.34. The number of halogens is 3. The van der Waals surface area contributed by atoms with Crippen LogP contribution in [0.3, 0.4) is 0 Å². The second kappa shape index (κ2) is 6.65. The molecule has 0 radical (unpaired) electrons. The molecule has 7 heteroatoms. The smallest absolute Gasteiger partial charge is 0.151 e. The molecule has 0 atom stereocenters. The Bertz CT molecular complexity index is 1190. The Kier molecular flexibility index (Phi) is 4.10. The summed E-state index contributed by atoms with van der Waals surface area (Å²) in [7, 11) is 0.